The summed E-state index contributed by atoms with van der Waals surface area (Å²) in [7, 11) is 1.39. The molecule has 14 nitrogen and oxygen atoms in total. The monoisotopic (exact) mass is 786 g/mol. The van der Waals surface area contributed by atoms with Crippen LogP contribution >= 0.6 is 33.9 Å². The van der Waals surface area contributed by atoms with Gasteiger partial charge in [-0.2, -0.15) is 0 Å². The minimum absolute atomic E-state index is 0.138. The van der Waals surface area contributed by atoms with Crippen molar-refractivity contribution in [1.82, 2.24) is 4.57 Å². The molecule has 0 bridgehead atoms. The van der Waals surface area contributed by atoms with E-state index in [9.17, 15) is 29.8 Å². The number of benzene rings is 3. The molecule has 0 amide bonds. The molecule has 0 aliphatic carbocycles. The van der Waals surface area contributed by atoms with Crippen molar-refractivity contribution in [2.45, 2.75) is 26.8 Å². The summed E-state index contributed by atoms with van der Waals surface area (Å²) < 4.78 is 24.6. The highest BCUT2D eigenvalue weighted by molar-refractivity contribution is 14.1. The van der Waals surface area contributed by atoms with Gasteiger partial charge in [0.15, 0.2) is 16.3 Å². The molecule has 0 N–H and O–H groups in total. The smallest absolute Gasteiger partial charge is 0.338 e. The number of methoxy groups -OCH3 is 1. The van der Waals surface area contributed by atoms with Crippen molar-refractivity contribution in [3.63, 3.8) is 0 Å². The molecule has 4 aromatic rings. The number of nitro benzene ring substituents is 2. The van der Waals surface area contributed by atoms with Crippen LogP contribution in [0.5, 0.6) is 23.0 Å². The van der Waals surface area contributed by atoms with Crippen molar-refractivity contribution in [3.8, 4) is 23.0 Å². The molecular formula is C32H27IN4O10S. The molecule has 1 aliphatic heterocycles. The summed E-state index contributed by atoms with van der Waals surface area (Å²) in [6, 6.07) is 12.7. The quantitative estimate of drug-likeness (QED) is 0.0827. The van der Waals surface area contributed by atoms with Crippen molar-refractivity contribution in [2.24, 2.45) is 4.99 Å². The average Bonchev–Trinajstić information content (AvgIpc) is 3.35. The minimum atomic E-state index is -0.805. The van der Waals surface area contributed by atoms with Gasteiger partial charge in [0.25, 0.3) is 11.2 Å². The van der Waals surface area contributed by atoms with Gasteiger partial charge in [0.1, 0.15) is 5.75 Å². The van der Waals surface area contributed by atoms with E-state index in [4.69, 9.17) is 18.9 Å². The topological polar surface area (TPSA) is 175 Å². The number of carbonyl (C=O) groups is 1. The number of allylic oxidation sites excluding steroid dienone is 1. The maximum atomic E-state index is 14.0. The molecule has 1 aliphatic rings. The molecule has 0 saturated carbocycles. The van der Waals surface area contributed by atoms with Crippen LogP contribution < -0.4 is 29.1 Å². The number of non-ortho nitro benzene ring substituents is 1. The van der Waals surface area contributed by atoms with E-state index in [1.54, 1.807) is 56.3 Å². The molecule has 0 saturated heterocycles. The van der Waals surface area contributed by atoms with Crippen LogP contribution in [-0.2, 0) is 9.53 Å². The molecule has 0 spiro atoms. The number of nitro groups is 2. The zero-order valence-electron chi connectivity index (χ0n) is 25.9. The molecule has 16 heteroatoms. The van der Waals surface area contributed by atoms with Gasteiger partial charge in [-0.15, -0.1) is 0 Å². The van der Waals surface area contributed by atoms with Crippen LogP contribution in [0.15, 0.2) is 75.7 Å². The molecule has 0 fully saturated rings. The Balaban J connectivity index is 1.60. The lowest BCUT2D eigenvalue weighted by molar-refractivity contribution is -0.394. The number of nitrogens with zero attached hydrogens (tertiary/aromatic N) is 4. The number of esters is 1. The van der Waals surface area contributed by atoms with E-state index in [0.717, 1.165) is 29.5 Å². The second kappa shape index (κ2) is 14.3. The zero-order valence-corrected chi connectivity index (χ0v) is 28.9. The minimum Gasteiger partial charge on any atom is -0.494 e. The van der Waals surface area contributed by atoms with E-state index in [2.05, 4.69) is 4.99 Å². The van der Waals surface area contributed by atoms with E-state index < -0.39 is 33.2 Å². The van der Waals surface area contributed by atoms with E-state index >= 15 is 0 Å². The summed E-state index contributed by atoms with van der Waals surface area (Å²) in [5.74, 6) is 0.186. The second-order valence-electron chi connectivity index (χ2n) is 10.1. The van der Waals surface area contributed by atoms with Gasteiger partial charge in [0.2, 0.25) is 5.75 Å². The van der Waals surface area contributed by atoms with Gasteiger partial charge in [-0.3, -0.25) is 29.6 Å². The number of aromatic nitrogens is 1. The molecule has 2 heterocycles. The number of thiazole rings is 1. The second-order valence-corrected chi connectivity index (χ2v) is 12.3. The van der Waals surface area contributed by atoms with Crippen LogP contribution in [-0.4, -0.2) is 40.7 Å². The normalized spacial score (nSPS) is 14.2. The first-order valence-corrected chi connectivity index (χ1v) is 16.3. The third kappa shape index (κ3) is 6.79. The Morgan fingerprint density at radius 1 is 1.04 bits per heavy atom. The molecule has 48 heavy (non-hydrogen) atoms. The largest absolute Gasteiger partial charge is 0.494 e. The van der Waals surface area contributed by atoms with Gasteiger partial charge >= 0.3 is 11.7 Å². The highest BCUT2D eigenvalue weighted by Crippen LogP contribution is 2.41. The molecule has 5 rings (SSSR count). The third-order valence-electron chi connectivity index (χ3n) is 7.14. The fourth-order valence-corrected chi connectivity index (χ4v) is 6.83. The number of ether oxygens (including phenoxy) is 4. The summed E-state index contributed by atoms with van der Waals surface area (Å²) in [5.41, 5.74) is 0.458. The van der Waals surface area contributed by atoms with Gasteiger partial charge in [-0.05, 0) is 90.9 Å². The van der Waals surface area contributed by atoms with E-state index in [-0.39, 0.29) is 35.0 Å². The van der Waals surface area contributed by atoms with Gasteiger partial charge in [-0.1, -0.05) is 23.5 Å². The Morgan fingerprint density at radius 2 is 1.77 bits per heavy atom. The number of halogens is 1. The summed E-state index contributed by atoms with van der Waals surface area (Å²) in [4.78, 5) is 53.5. The third-order valence-corrected chi connectivity index (χ3v) is 8.92. The molecular weight excluding hydrogens is 759 g/mol. The maximum absolute atomic E-state index is 14.0. The first-order chi connectivity index (χ1) is 23.0. The maximum Gasteiger partial charge on any atom is 0.338 e. The van der Waals surface area contributed by atoms with Crippen LogP contribution in [0.4, 0.5) is 11.4 Å². The van der Waals surface area contributed by atoms with Crippen LogP contribution in [0, 0.1) is 23.8 Å². The van der Waals surface area contributed by atoms with Crippen molar-refractivity contribution in [1.29, 1.82) is 0 Å². The van der Waals surface area contributed by atoms with Gasteiger partial charge in [-0.25, -0.2) is 9.79 Å². The predicted octanol–water partition coefficient (Wildman–Crippen LogP) is 5.42. The van der Waals surface area contributed by atoms with Crippen molar-refractivity contribution in [3.05, 3.63) is 120 Å². The lowest BCUT2D eigenvalue weighted by Gasteiger charge is -2.24. The first-order valence-electron chi connectivity index (χ1n) is 14.4. The number of hydrogen-bond donors (Lipinski definition) is 0. The highest BCUT2D eigenvalue weighted by atomic mass is 127. The van der Waals surface area contributed by atoms with Crippen molar-refractivity contribution >= 4 is 57.3 Å². The summed E-state index contributed by atoms with van der Waals surface area (Å²) >= 11 is 3.11. The van der Waals surface area contributed by atoms with Crippen LogP contribution in [0.25, 0.3) is 6.08 Å². The van der Waals surface area contributed by atoms with Gasteiger partial charge in [0, 0.05) is 6.07 Å². The Labute approximate surface area is 290 Å². The fourth-order valence-electron chi connectivity index (χ4n) is 5.05. The summed E-state index contributed by atoms with van der Waals surface area (Å²) in [6.45, 7) is 5.91. The summed E-state index contributed by atoms with van der Waals surface area (Å²) in [5, 5.41) is 22.8. The van der Waals surface area contributed by atoms with Gasteiger partial charge < -0.3 is 18.9 Å². The molecule has 1 unspecified atom stereocenters. The summed E-state index contributed by atoms with van der Waals surface area (Å²) in [6.07, 6.45) is 1.64. The molecule has 3 aromatic carbocycles. The number of rotatable bonds is 11. The van der Waals surface area contributed by atoms with Gasteiger partial charge in [0.05, 0.1) is 61.7 Å². The Hall–Kier alpha value is -5.10. The molecule has 0 radical (unpaired) electrons. The lowest BCUT2D eigenvalue weighted by atomic mass is 9.96. The van der Waals surface area contributed by atoms with E-state index in [1.165, 1.54) is 11.7 Å². The van der Waals surface area contributed by atoms with Crippen molar-refractivity contribution < 1.29 is 33.6 Å². The van der Waals surface area contributed by atoms with E-state index in [1.807, 2.05) is 29.5 Å². The first kappa shape index (κ1) is 34.2. The lowest BCUT2D eigenvalue weighted by Crippen LogP contribution is -2.39. The number of carbonyl (C=O) groups excluding carboxylic acids is 1. The predicted molar refractivity (Wildman–Crippen MR) is 184 cm³/mol. The SMILES string of the molecule is CCOC(=O)C1=C(C)N=c2sc(=Cc3cc(I)c(Oc4ccc([N+](=O)[O-])cc4[N+](=O)[O-])c(OC)c3)c(=O)n2C1c1ccc(OCC)cc1. The average molecular weight is 787 g/mol. The van der Waals surface area contributed by atoms with Crippen LogP contribution in [0.1, 0.15) is 37.9 Å². The fraction of sp³-hybridized carbons (Fsp3) is 0.219. The number of fused-ring (bicyclic) bond motifs is 1. The molecule has 248 valence electrons. The van der Waals surface area contributed by atoms with E-state index in [0.29, 0.717) is 42.1 Å². The Kier molecular flexibility index (Phi) is 10.2. The Bertz CT molecular complexity index is 2160. The van der Waals surface area contributed by atoms with Crippen LogP contribution in [0.2, 0.25) is 0 Å². The van der Waals surface area contributed by atoms with Crippen LogP contribution in [0.3, 0.4) is 0 Å². The highest BCUT2D eigenvalue weighted by Gasteiger charge is 2.33. The number of hydrogen-bond acceptors (Lipinski definition) is 12. The zero-order chi connectivity index (χ0) is 34.7. The van der Waals surface area contributed by atoms with Crippen molar-refractivity contribution in [2.75, 3.05) is 20.3 Å². The molecule has 1 atom stereocenters. The Morgan fingerprint density at radius 3 is 2.40 bits per heavy atom. The molecule has 1 aromatic heterocycles. The standard InChI is InChI=1S/C32H27IN4O10S/c1-5-45-21-10-7-19(8-11-21)28-27(31(39)46-6-2)17(3)34-32-35(28)30(38)26(48-32)15-18-13-22(33)29(25(14-18)44-4)47-24-12-9-20(36(40)41)16-23(24)37(42)43/h7-16,28H,5-6H2,1-4H3.